The van der Waals surface area contributed by atoms with E-state index in [-0.39, 0.29) is 41.2 Å². The highest BCUT2D eigenvalue weighted by atomic mass is 19.4. The molecular formula is C21H26F3NO4. The summed E-state index contributed by atoms with van der Waals surface area (Å²) in [5, 5.41) is 0. The van der Waals surface area contributed by atoms with Gasteiger partial charge in [0, 0.05) is 18.0 Å². The average molecular weight is 413 g/mol. The largest absolute Gasteiger partial charge is 0.496 e. The minimum Gasteiger partial charge on any atom is -0.496 e. The van der Waals surface area contributed by atoms with Crippen LogP contribution in [0.25, 0.3) is 0 Å². The summed E-state index contributed by atoms with van der Waals surface area (Å²) >= 11 is 0. The van der Waals surface area contributed by atoms with Gasteiger partial charge in [0.25, 0.3) is 0 Å². The highest BCUT2D eigenvalue weighted by Gasteiger charge is 2.47. The molecule has 0 aromatic heterocycles. The predicted molar refractivity (Wildman–Crippen MR) is 99.9 cm³/mol. The molecule has 2 atom stereocenters. The van der Waals surface area contributed by atoms with E-state index in [0.29, 0.717) is 12.8 Å². The number of piperidine rings is 1. The second-order valence-corrected chi connectivity index (χ2v) is 8.72. The fraction of sp³-hybridized carbons (Fsp3) is 0.619. The van der Waals surface area contributed by atoms with E-state index in [0.717, 1.165) is 25.0 Å². The Bertz CT molecular complexity index is 786. The molecule has 1 aromatic carbocycles. The van der Waals surface area contributed by atoms with Crippen molar-refractivity contribution in [3.63, 3.8) is 0 Å². The molecule has 2 fully saturated rings. The van der Waals surface area contributed by atoms with E-state index in [2.05, 4.69) is 0 Å². The van der Waals surface area contributed by atoms with E-state index in [1.807, 2.05) is 0 Å². The van der Waals surface area contributed by atoms with Crippen molar-refractivity contribution in [1.82, 2.24) is 4.90 Å². The molecule has 3 rings (SSSR count). The van der Waals surface area contributed by atoms with Crippen LogP contribution >= 0.6 is 0 Å². The standard InChI is InChI=1S/C21H26F3NO4/c1-20(2,3)29-19(27)25-14-6-7-15(25)10-12(9-14)18(26)16-8-5-13(21(22,23)24)11-17(16)28-4/h5,8,11-12,14-15H,6-7,9-10H2,1-4H3. The zero-order chi connectivity index (χ0) is 21.6. The molecule has 1 amide bonds. The number of carbonyl (C=O) groups is 2. The number of hydrogen-bond acceptors (Lipinski definition) is 4. The highest BCUT2D eigenvalue weighted by molar-refractivity contribution is 6.00. The lowest BCUT2D eigenvalue weighted by molar-refractivity contribution is -0.137. The van der Waals surface area contributed by atoms with Gasteiger partial charge < -0.3 is 14.4 Å². The van der Waals surface area contributed by atoms with Gasteiger partial charge in [0.05, 0.1) is 18.2 Å². The van der Waals surface area contributed by atoms with Gasteiger partial charge in [-0.1, -0.05) is 0 Å². The van der Waals surface area contributed by atoms with Gasteiger partial charge in [0.15, 0.2) is 5.78 Å². The van der Waals surface area contributed by atoms with E-state index in [9.17, 15) is 22.8 Å². The summed E-state index contributed by atoms with van der Waals surface area (Å²) in [6, 6.07) is 2.75. The number of nitrogens with zero attached hydrogens (tertiary/aromatic N) is 1. The Morgan fingerprint density at radius 2 is 1.66 bits per heavy atom. The summed E-state index contributed by atoms with van der Waals surface area (Å²) in [5.74, 6) is -0.681. The molecule has 0 spiro atoms. The molecule has 2 aliphatic heterocycles. The maximum absolute atomic E-state index is 13.1. The number of Topliss-reactive ketones (excluding diaryl/α,β-unsaturated/α-hetero) is 1. The van der Waals surface area contributed by atoms with Crippen molar-refractivity contribution in [1.29, 1.82) is 0 Å². The van der Waals surface area contributed by atoms with Crippen molar-refractivity contribution < 1.29 is 32.2 Å². The number of carbonyl (C=O) groups excluding carboxylic acids is 2. The van der Waals surface area contributed by atoms with E-state index >= 15 is 0 Å². The number of benzene rings is 1. The van der Waals surface area contributed by atoms with Crippen LogP contribution in [-0.4, -0.2) is 41.6 Å². The number of hydrogen-bond donors (Lipinski definition) is 0. The summed E-state index contributed by atoms with van der Waals surface area (Å²) < 4.78 is 49.4. The molecule has 0 saturated carbocycles. The van der Waals surface area contributed by atoms with E-state index in [1.165, 1.54) is 13.2 Å². The topological polar surface area (TPSA) is 55.8 Å². The van der Waals surface area contributed by atoms with Crippen LogP contribution in [0, 0.1) is 5.92 Å². The minimum absolute atomic E-state index is 0.0771. The molecule has 0 aliphatic carbocycles. The van der Waals surface area contributed by atoms with Gasteiger partial charge in [-0.2, -0.15) is 13.2 Å². The zero-order valence-corrected chi connectivity index (χ0v) is 17.0. The first-order valence-corrected chi connectivity index (χ1v) is 9.71. The number of ketones is 1. The van der Waals surface area contributed by atoms with Gasteiger partial charge in [-0.25, -0.2) is 4.79 Å². The fourth-order valence-electron chi connectivity index (χ4n) is 4.29. The number of ether oxygens (including phenoxy) is 2. The lowest BCUT2D eigenvalue weighted by Gasteiger charge is -2.39. The maximum Gasteiger partial charge on any atom is 0.416 e. The van der Waals surface area contributed by atoms with Crippen LogP contribution in [0.4, 0.5) is 18.0 Å². The molecule has 2 unspecified atom stereocenters. The number of halogens is 3. The van der Waals surface area contributed by atoms with E-state index in [1.54, 1.807) is 25.7 Å². The van der Waals surface area contributed by atoms with Crippen molar-refractivity contribution >= 4 is 11.9 Å². The number of fused-ring (bicyclic) bond motifs is 2. The third-order valence-corrected chi connectivity index (χ3v) is 5.50. The summed E-state index contributed by atoms with van der Waals surface area (Å²) in [4.78, 5) is 27.3. The van der Waals surface area contributed by atoms with Crippen LogP contribution < -0.4 is 4.74 Å². The molecule has 0 radical (unpaired) electrons. The molecule has 2 saturated heterocycles. The molecule has 5 nitrogen and oxygen atoms in total. The summed E-state index contributed by atoms with van der Waals surface area (Å²) in [6.45, 7) is 5.42. The van der Waals surface area contributed by atoms with Gasteiger partial charge >= 0.3 is 12.3 Å². The minimum atomic E-state index is -4.51. The number of alkyl halides is 3. The van der Waals surface area contributed by atoms with Crippen molar-refractivity contribution in [3.05, 3.63) is 29.3 Å². The van der Waals surface area contributed by atoms with E-state index in [4.69, 9.17) is 9.47 Å². The van der Waals surface area contributed by atoms with Crippen molar-refractivity contribution in [2.75, 3.05) is 7.11 Å². The van der Waals surface area contributed by atoms with Crippen molar-refractivity contribution in [2.45, 2.75) is 70.3 Å². The maximum atomic E-state index is 13.1. The summed E-state index contributed by atoms with van der Waals surface area (Å²) in [7, 11) is 1.25. The van der Waals surface area contributed by atoms with Crippen LogP contribution in [0.2, 0.25) is 0 Å². The first kappa shape index (κ1) is 21.5. The van der Waals surface area contributed by atoms with Gasteiger partial charge in [-0.3, -0.25) is 4.79 Å². The second kappa shape index (κ2) is 7.54. The number of rotatable bonds is 3. The fourth-order valence-corrected chi connectivity index (χ4v) is 4.29. The molecule has 160 valence electrons. The Kier molecular flexibility index (Phi) is 5.58. The third-order valence-electron chi connectivity index (χ3n) is 5.50. The van der Waals surface area contributed by atoms with Gasteiger partial charge in [-0.15, -0.1) is 0 Å². The molecule has 1 aromatic rings. The first-order chi connectivity index (χ1) is 13.4. The smallest absolute Gasteiger partial charge is 0.416 e. The average Bonchev–Trinajstić information content (AvgIpc) is 2.88. The lowest BCUT2D eigenvalue weighted by Crippen LogP contribution is -2.49. The predicted octanol–water partition coefficient (Wildman–Crippen LogP) is 5.07. The Morgan fingerprint density at radius 3 is 2.14 bits per heavy atom. The number of amides is 1. The van der Waals surface area contributed by atoms with Gasteiger partial charge in [-0.05, 0) is 64.7 Å². The van der Waals surface area contributed by atoms with Crippen LogP contribution in [0.3, 0.4) is 0 Å². The molecule has 8 heteroatoms. The quantitative estimate of drug-likeness (QED) is 0.649. The summed E-state index contributed by atoms with van der Waals surface area (Å²) in [6.07, 6.45) is -2.36. The molecule has 2 heterocycles. The normalized spacial score (nSPS) is 24.4. The molecule has 0 N–H and O–H groups in total. The van der Waals surface area contributed by atoms with E-state index < -0.39 is 17.3 Å². The first-order valence-electron chi connectivity index (χ1n) is 9.71. The SMILES string of the molecule is COc1cc(C(F)(F)F)ccc1C(=O)C1CC2CCC(C1)N2C(=O)OC(C)(C)C. The third kappa shape index (κ3) is 4.51. The number of methoxy groups -OCH3 is 1. The van der Waals surface area contributed by atoms with Crippen LogP contribution in [0.5, 0.6) is 5.75 Å². The van der Waals surface area contributed by atoms with Crippen LogP contribution in [0.15, 0.2) is 18.2 Å². The Morgan fingerprint density at radius 1 is 1.07 bits per heavy atom. The Hall–Kier alpha value is -2.25. The van der Waals surface area contributed by atoms with Crippen molar-refractivity contribution in [3.8, 4) is 5.75 Å². The molecule has 2 aliphatic rings. The Balaban J connectivity index is 1.77. The van der Waals surface area contributed by atoms with Crippen LogP contribution in [-0.2, 0) is 10.9 Å². The highest BCUT2D eigenvalue weighted by Crippen LogP contribution is 2.42. The molecule has 2 bridgehead atoms. The second-order valence-electron chi connectivity index (χ2n) is 8.72. The zero-order valence-electron chi connectivity index (χ0n) is 17.0. The lowest BCUT2D eigenvalue weighted by atomic mass is 9.84. The Labute approximate surface area is 168 Å². The van der Waals surface area contributed by atoms with Crippen molar-refractivity contribution in [2.24, 2.45) is 5.92 Å². The van der Waals surface area contributed by atoms with Gasteiger partial charge in [0.2, 0.25) is 0 Å². The molecule has 29 heavy (non-hydrogen) atoms. The van der Waals surface area contributed by atoms with Gasteiger partial charge in [0.1, 0.15) is 11.4 Å². The van der Waals surface area contributed by atoms with Crippen LogP contribution in [0.1, 0.15) is 62.4 Å². The molecular weight excluding hydrogens is 387 g/mol. The summed E-state index contributed by atoms with van der Waals surface area (Å²) in [5.41, 5.74) is -1.31. The monoisotopic (exact) mass is 413 g/mol.